The van der Waals surface area contributed by atoms with Crippen LogP contribution in [0.15, 0.2) is 28.1 Å². The van der Waals surface area contributed by atoms with Gasteiger partial charge >= 0.3 is 0 Å². The van der Waals surface area contributed by atoms with Gasteiger partial charge in [0, 0.05) is 18.8 Å². The van der Waals surface area contributed by atoms with Crippen LogP contribution in [0.25, 0.3) is 0 Å². The van der Waals surface area contributed by atoms with Crippen molar-refractivity contribution in [1.82, 2.24) is 4.98 Å². The molecular weight excluding hydrogens is 190 g/mol. The fraction of sp³-hybridized carbons (Fsp3) is 0.455. The zero-order chi connectivity index (χ0) is 11.1. The smallest absolute Gasteiger partial charge is 0.247 e. The average Bonchev–Trinajstić information content (AvgIpc) is 2.20. The molecule has 0 aromatic carbocycles. The molecule has 82 valence electrons. The van der Waals surface area contributed by atoms with E-state index in [1.54, 1.807) is 19.2 Å². The van der Waals surface area contributed by atoms with Crippen molar-refractivity contribution in [2.75, 3.05) is 6.54 Å². The molecule has 0 aliphatic heterocycles. The van der Waals surface area contributed by atoms with Gasteiger partial charge in [-0.3, -0.25) is 9.79 Å². The predicted octanol–water partition coefficient (Wildman–Crippen LogP) is 1.07. The molecule has 4 nitrogen and oxygen atoms in total. The Morgan fingerprint density at radius 3 is 2.87 bits per heavy atom. The van der Waals surface area contributed by atoms with Gasteiger partial charge in [0.25, 0.3) is 0 Å². The number of aromatic amines is 1. The van der Waals surface area contributed by atoms with Crippen LogP contribution in [0.4, 0.5) is 0 Å². The Kier molecular flexibility index (Phi) is 4.60. The standard InChI is InChI=1S/C11H17N3O/c1-9(12)13-7-3-2-4-10-5-6-11(15)14-8-10/h5-6,8H,2-4,7H2,1H3,(H2,12,13)(H,14,15). The molecule has 0 aliphatic rings. The van der Waals surface area contributed by atoms with Crippen LogP contribution in [0.2, 0.25) is 0 Å². The number of hydrogen-bond acceptors (Lipinski definition) is 2. The quantitative estimate of drug-likeness (QED) is 0.431. The number of aryl methyl sites for hydroxylation is 1. The van der Waals surface area contributed by atoms with Crippen LogP contribution in [0, 0.1) is 0 Å². The molecule has 0 spiro atoms. The number of amidine groups is 1. The molecule has 0 fully saturated rings. The number of unbranched alkanes of at least 4 members (excludes halogenated alkanes) is 1. The summed E-state index contributed by atoms with van der Waals surface area (Å²) in [4.78, 5) is 17.5. The van der Waals surface area contributed by atoms with E-state index in [2.05, 4.69) is 9.98 Å². The lowest BCUT2D eigenvalue weighted by Crippen LogP contribution is -2.06. The van der Waals surface area contributed by atoms with Gasteiger partial charge in [0.1, 0.15) is 0 Å². The molecule has 15 heavy (non-hydrogen) atoms. The summed E-state index contributed by atoms with van der Waals surface area (Å²) in [6.07, 6.45) is 4.81. The third kappa shape index (κ3) is 5.00. The zero-order valence-corrected chi connectivity index (χ0v) is 8.99. The van der Waals surface area contributed by atoms with E-state index in [-0.39, 0.29) is 5.56 Å². The van der Waals surface area contributed by atoms with Gasteiger partial charge in [0.2, 0.25) is 5.56 Å². The van der Waals surface area contributed by atoms with Gasteiger partial charge in [-0.2, -0.15) is 0 Å². The molecular formula is C11H17N3O. The van der Waals surface area contributed by atoms with E-state index in [0.717, 1.165) is 31.4 Å². The molecule has 0 bridgehead atoms. The first-order valence-corrected chi connectivity index (χ1v) is 5.12. The van der Waals surface area contributed by atoms with Crippen LogP contribution in [0.1, 0.15) is 25.3 Å². The van der Waals surface area contributed by atoms with Crippen molar-refractivity contribution in [3.05, 3.63) is 34.2 Å². The average molecular weight is 207 g/mol. The van der Waals surface area contributed by atoms with E-state index >= 15 is 0 Å². The lowest BCUT2D eigenvalue weighted by atomic mass is 10.1. The fourth-order valence-electron chi connectivity index (χ4n) is 1.29. The molecule has 0 amide bonds. The fourth-order valence-corrected chi connectivity index (χ4v) is 1.29. The summed E-state index contributed by atoms with van der Waals surface area (Å²) in [6.45, 7) is 2.58. The van der Waals surface area contributed by atoms with Crippen molar-refractivity contribution in [2.45, 2.75) is 26.2 Å². The van der Waals surface area contributed by atoms with Gasteiger partial charge in [0.15, 0.2) is 0 Å². The van der Waals surface area contributed by atoms with Crippen LogP contribution >= 0.6 is 0 Å². The Morgan fingerprint density at radius 2 is 2.27 bits per heavy atom. The minimum atomic E-state index is -0.0536. The van der Waals surface area contributed by atoms with Crippen molar-refractivity contribution in [1.29, 1.82) is 0 Å². The van der Waals surface area contributed by atoms with Gasteiger partial charge in [-0.1, -0.05) is 6.07 Å². The van der Waals surface area contributed by atoms with E-state index in [1.807, 2.05) is 6.07 Å². The van der Waals surface area contributed by atoms with E-state index in [0.29, 0.717) is 5.84 Å². The molecule has 0 unspecified atom stereocenters. The minimum absolute atomic E-state index is 0.0536. The number of pyridine rings is 1. The van der Waals surface area contributed by atoms with Crippen molar-refractivity contribution in [3.63, 3.8) is 0 Å². The van der Waals surface area contributed by atoms with Crippen LogP contribution in [0.5, 0.6) is 0 Å². The highest BCUT2D eigenvalue weighted by molar-refractivity contribution is 5.77. The Balaban J connectivity index is 2.23. The molecule has 0 atom stereocenters. The van der Waals surface area contributed by atoms with E-state index in [1.165, 1.54) is 0 Å². The molecule has 1 aromatic rings. The van der Waals surface area contributed by atoms with Crippen molar-refractivity contribution < 1.29 is 0 Å². The number of rotatable bonds is 5. The van der Waals surface area contributed by atoms with Gasteiger partial charge in [-0.25, -0.2) is 0 Å². The highest BCUT2D eigenvalue weighted by atomic mass is 16.1. The first kappa shape index (κ1) is 11.5. The monoisotopic (exact) mass is 207 g/mol. The SMILES string of the molecule is CC(N)=NCCCCc1ccc(=O)[nH]c1. The number of H-pyrrole nitrogens is 1. The summed E-state index contributed by atoms with van der Waals surface area (Å²) in [6, 6.07) is 3.41. The van der Waals surface area contributed by atoms with E-state index < -0.39 is 0 Å². The Labute approximate surface area is 89.2 Å². The molecule has 1 heterocycles. The highest BCUT2D eigenvalue weighted by Gasteiger charge is 1.93. The number of aliphatic imine (C=N–C) groups is 1. The number of nitrogens with zero attached hydrogens (tertiary/aromatic N) is 1. The van der Waals surface area contributed by atoms with Crippen LogP contribution in [-0.4, -0.2) is 17.4 Å². The van der Waals surface area contributed by atoms with Crippen molar-refractivity contribution >= 4 is 5.84 Å². The Bertz CT molecular complexity index is 357. The molecule has 1 rings (SSSR count). The first-order valence-electron chi connectivity index (χ1n) is 5.12. The summed E-state index contributed by atoms with van der Waals surface area (Å²) >= 11 is 0. The lowest BCUT2D eigenvalue weighted by molar-refractivity contribution is 0.742. The normalized spacial score (nSPS) is 11.7. The third-order valence-electron chi connectivity index (χ3n) is 2.08. The zero-order valence-electron chi connectivity index (χ0n) is 8.99. The second kappa shape index (κ2) is 6.01. The van der Waals surface area contributed by atoms with Crippen molar-refractivity contribution in [3.8, 4) is 0 Å². The second-order valence-corrected chi connectivity index (χ2v) is 3.54. The van der Waals surface area contributed by atoms with Crippen LogP contribution < -0.4 is 11.3 Å². The minimum Gasteiger partial charge on any atom is -0.388 e. The maximum Gasteiger partial charge on any atom is 0.247 e. The Hall–Kier alpha value is -1.58. The number of aromatic nitrogens is 1. The number of nitrogens with one attached hydrogen (secondary N) is 1. The van der Waals surface area contributed by atoms with Gasteiger partial charge in [0.05, 0.1) is 5.84 Å². The van der Waals surface area contributed by atoms with Gasteiger partial charge in [-0.15, -0.1) is 0 Å². The molecule has 0 saturated heterocycles. The van der Waals surface area contributed by atoms with Crippen molar-refractivity contribution in [2.24, 2.45) is 10.7 Å². The highest BCUT2D eigenvalue weighted by Crippen LogP contribution is 2.01. The van der Waals surface area contributed by atoms with E-state index in [9.17, 15) is 4.79 Å². The predicted molar refractivity (Wildman–Crippen MR) is 62.2 cm³/mol. The number of nitrogens with two attached hydrogens (primary N) is 1. The maximum atomic E-state index is 10.8. The first-order chi connectivity index (χ1) is 7.18. The summed E-state index contributed by atoms with van der Waals surface area (Å²) in [7, 11) is 0. The van der Waals surface area contributed by atoms with Gasteiger partial charge < -0.3 is 10.7 Å². The summed E-state index contributed by atoms with van der Waals surface area (Å²) in [5.74, 6) is 0.638. The summed E-state index contributed by atoms with van der Waals surface area (Å²) in [5, 5.41) is 0. The largest absolute Gasteiger partial charge is 0.388 e. The summed E-state index contributed by atoms with van der Waals surface area (Å²) < 4.78 is 0. The lowest BCUT2D eigenvalue weighted by Gasteiger charge is -1.99. The molecule has 4 heteroatoms. The molecule has 3 N–H and O–H groups in total. The maximum absolute atomic E-state index is 10.8. The molecule has 0 radical (unpaired) electrons. The topological polar surface area (TPSA) is 71.2 Å². The summed E-state index contributed by atoms with van der Waals surface area (Å²) in [5.41, 5.74) is 6.51. The number of hydrogen-bond donors (Lipinski definition) is 2. The molecule has 0 aliphatic carbocycles. The molecule has 0 saturated carbocycles. The third-order valence-corrected chi connectivity index (χ3v) is 2.08. The van der Waals surface area contributed by atoms with Crippen LogP contribution in [-0.2, 0) is 6.42 Å². The van der Waals surface area contributed by atoms with Crippen LogP contribution in [0.3, 0.4) is 0 Å². The Morgan fingerprint density at radius 1 is 1.47 bits per heavy atom. The van der Waals surface area contributed by atoms with E-state index in [4.69, 9.17) is 5.73 Å². The van der Waals surface area contributed by atoms with Gasteiger partial charge in [-0.05, 0) is 31.7 Å². The molecule has 1 aromatic heterocycles. The second-order valence-electron chi connectivity index (χ2n) is 3.54.